The molecule has 0 atom stereocenters. The first-order valence-corrected chi connectivity index (χ1v) is 13.5. The lowest BCUT2D eigenvalue weighted by Gasteiger charge is -2.29. The van der Waals surface area contributed by atoms with Gasteiger partial charge in [-0.1, -0.05) is 50.8 Å². The van der Waals surface area contributed by atoms with Crippen LogP contribution in [0, 0.1) is 11.3 Å². The van der Waals surface area contributed by atoms with Crippen LogP contribution in [0.4, 0.5) is 5.69 Å². The summed E-state index contributed by atoms with van der Waals surface area (Å²) in [6, 6.07) is 15.4. The van der Waals surface area contributed by atoms with E-state index in [9.17, 15) is 5.26 Å². The lowest BCUT2D eigenvalue weighted by Crippen LogP contribution is -2.29. The summed E-state index contributed by atoms with van der Waals surface area (Å²) >= 11 is 0. The zero-order valence-corrected chi connectivity index (χ0v) is 24.3. The lowest BCUT2D eigenvalue weighted by atomic mass is 9.95. The Hall–Kier alpha value is -3.03. The minimum Gasteiger partial charge on any atom is -0.487 e. The van der Waals surface area contributed by atoms with E-state index in [-0.39, 0.29) is 5.60 Å². The fraction of sp³-hybridized carbons (Fsp3) is 0.485. The third kappa shape index (κ3) is 9.09. The van der Waals surface area contributed by atoms with E-state index in [4.69, 9.17) is 9.47 Å². The molecule has 0 unspecified atom stereocenters. The number of hydrogen-bond acceptors (Lipinski definition) is 4. The molecule has 0 heterocycles. The first kappa shape index (κ1) is 30.2. The molecule has 0 fully saturated rings. The predicted molar refractivity (Wildman–Crippen MR) is 159 cm³/mol. The third-order valence-electron chi connectivity index (χ3n) is 6.12. The highest BCUT2D eigenvalue weighted by atomic mass is 16.5. The molecule has 0 saturated carbocycles. The minimum atomic E-state index is -0.520. The molecule has 0 bridgehead atoms. The highest BCUT2D eigenvalue weighted by Crippen LogP contribution is 2.32. The van der Waals surface area contributed by atoms with Crippen LogP contribution in [-0.2, 0) is 9.47 Å². The van der Waals surface area contributed by atoms with E-state index in [0.29, 0.717) is 24.4 Å². The summed E-state index contributed by atoms with van der Waals surface area (Å²) in [5.41, 5.74) is 2.74. The Balaban J connectivity index is 2.38. The van der Waals surface area contributed by atoms with Crippen molar-refractivity contribution < 1.29 is 9.47 Å². The normalized spacial score (nSPS) is 12.9. The van der Waals surface area contributed by atoms with Gasteiger partial charge in [-0.25, -0.2) is 0 Å². The molecule has 37 heavy (non-hydrogen) atoms. The van der Waals surface area contributed by atoms with Crippen molar-refractivity contribution in [3.05, 3.63) is 72.0 Å². The van der Waals surface area contributed by atoms with Crippen molar-refractivity contribution >= 4 is 22.0 Å². The zero-order valence-electron chi connectivity index (χ0n) is 24.3. The second-order valence-corrected chi connectivity index (χ2v) is 11.1. The number of fused-ring (bicyclic) bond motifs is 1. The predicted octanol–water partition coefficient (Wildman–Crippen LogP) is 8.83. The van der Waals surface area contributed by atoms with Gasteiger partial charge in [0.1, 0.15) is 23.0 Å². The first-order valence-electron chi connectivity index (χ1n) is 13.5. The second kappa shape index (κ2) is 13.5. The topological polar surface area (TPSA) is 45.5 Å². The Labute approximate surface area is 225 Å². The van der Waals surface area contributed by atoms with Crippen molar-refractivity contribution in [2.45, 2.75) is 85.9 Å². The summed E-state index contributed by atoms with van der Waals surface area (Å²) in [6.07, 6.45) is 6.84. The second-order valence-electron chi connectivity index (χ2n) is 11.1. The molecule has 0 aliphatic heterocycles. The summed E-state index contributed by atoms with van der Waals surface area (Å²) in [7, 11) is 0. The van der Waals surface area contributed by atoms with Crippen LogP contribution in [0.5, 0.6) is 0 Å². The molecular weight excluding hydrogens is 456 g/mol. The average Bonchev–Trinajstić information content (AvgIpc) is 2.82. The molecule has 4 nitrogen and oxygen atoms in total. The molecule has 0 aliphatic carbocycles. The minimum absolute atomic E-state index is 0.203. The van der Waals surface area contributed by atoms with E-state index in [1.807, 2.05) is 53.7 Å². The van der Waals surface area contributed by atoms with E-state index >= 15 is 0 Å². The Morgan fingerprint density at radius 3 is 2.19 bits per heavy atom. The van der Waals surface area contributed by atoms with Gasteiger partial charge in [0, 0.05) is 30.8 Å². The molecule has 2 aromatic carbocycles. The highest BCUT2D eigenvalue weighted by molar-refractivity contribution is 5.91. The van der Waals surface area contributed by atoms with Gasteiger partial charge in [0.2, 0.25) is 0 Å². The van der Waals surface area contributed by atoms with Gasteiger partial charge in [0.15, 0.2) is 0 Å². The van der Waals surface area contributed by atoms with Crippen molar-refractivity contribution in [2.75, 3.05) is 24.6 Å². The number of nitrogens with zero attached hydrogens (tertiary/aromatic N) is 2. The van der Waals surface area contributed by atoms with Crippen LogP contribution in [0.1, 0.15) is 80.2 Å². The Morgan fingerprint density at radius 1 is 1.00 bits per heavy atom. The summed E-state index contributed by atoms with van der Waals surface area (Å²) in [5.74, 6) is 0.376. The van der Waals surface area contributed by atoms with Gasteiger partial charge in [-0.3, -0.25) is 0 Å². The maximum absolute atomic E-state index is 10.1. The first-order chi connectivity index (χ1) is 17.4. The Morgan fingerprint density at radius 2 is 1.62 bits per heavy atom. The monoisotopic (exact) mass is 502 g/mol. The zero-order chi connectivity index (χ0) is 27.6. The summed E-state index contributed by atoms with van der Waals surface area (Å²) < 4.78 is 12.1. The number of anilines is 1. The number of nitriles is 1. The number of benzene rings is 2. The van der Waals surface area contributed by atoms with Gasteiger partial charge in [0.25, 0.3) is 0 Å². The quantitative estimate of drug-likeness (QED) is 0.156. The number of allylic oxidation sites excluding steroid dienone is 4. The SMILES string of the molecule is C=C(OC(C)(C)CCOC(C)(C)C)/C(C#N)=C(\C=C/C)c1ccc2cc(N(CCC)CCC)ccc2c1. The van der Waals surface area contributed by atoms with E-state index in [2.05, 4.69) is 67.8 Å². The van der Waals surface area contributed by atoms with Crippen molar-refractivity contribution in [1.82, 2.24) is 0 Å². The van der Waals surface area contributed by atoms with Gasteiger partial charge < -0.3 is 14.4 Å². The van der Waals surface area contributed by atoms with Crippen molar-refractivity contribution in [1.29, 1.82) is 5.26 Å². The van der Waals surface area contributed by atoms with Crippen LogP contribution in [0.15, 0.2) is 66.5 Å². The molecule has 0 spiro atoms. The molecule has 200 valence electrons. The number of rotatable bonds is 13. The van der Waals surface area contributed by atoms with Crippen LogP contribution in [0.3, 0.4) is 0 Å². The molecular formula is C33H46N2O2. The third-order valence-corrected chi connectivity index (χ3v) is 6.12. The van der Waals surface area contributed by atoms with E-state index in [0.717, 1.165) is 42.5 Å². The van der Waals surface area contributed by atoms with Gasteiger partial charge >= 0.3 is 0 Å². The molecule has 0 radical (unpaired) electrons. The smallest absolute Gasteiger partial charge is 0.131 e. The van der Waals surface area contributed by atoms with Crippen LogP contribution >= 0.6 is 0 Å². The molecule has 0 aromatic heterocycles. The molecule has 2 rings (SSSR count). The Kier molecular flexibility index (Phi) is 11.0. The molecule has 2 aromatic rings. The number of hydrogen-bond donors (Lipinski definition) is 0. The lowest BCUT2D eigenvalue weighted by molar-refractivity contribution is -0.0437. The van der Waals surface area contributed by atoms with Crippen molar-refractivity contribution in [3.63, 3.8) is 0 Å². The van der Waals surface area contributed by atoms with E-state index < -0.39 is 5.60 Å². The maximum atomic E-state index is 10.1. The maximum Gasteiger partial charge on any atom is 0.131 e. The molecule has 0 N–H and O–H groups in total. The molecule has 4 heteroatoms. The van der Waals surface area contributed by atoms with Gasteiger partial charge in [0.05, 0.1) is 12.2 Å². The van der Waals surface area contributed by atoms with Crippen molar-refractivity contribution in [2.24, 2.45) is 0 Å². The number of ether oxygens (including phenoxy) is 2. The molecule has 0 aliphatic rings. The molecule has 0 amide bonds. The summed E-state index contributed by atoms with van der Waals surface area (Å²) in [5, 5.41) is 12.5. The fourth-order valence-electron chi connectivity index (χ4n) is 4.31. The van der Waals surface area contributed by atoms with Crippen LogP contribution in [-0.4, -0.2) is 30.9 Å². The van der Waals surface area contributed by atoms with Crippen LogP contribution < -0.4 is 4.90 Å². The summed E-state index contributed by atoms with van der Waals surface area (Å²) in [6.45, 7) is 23.3. The largest absolute Gasteiger partial charge is 0.487 e. The van der Waals surface area contributed by atoms with Crippen LogP contribution in [0.2, 0.25) is 0 Å². The Bertz CT molecular complexity index is 1150. The van der Waals surface area contributed by atoms with E-state index in [1.54, 1.807) is 0 Å². The standard InChI is InChI=1S/C33H46N2O2/c1-10-13-30(31(24-34)25(4)37-33(8,9)18-21-36-32(5,6)7)28-15-14-27-23-29(17-16-26(27)22-28)35(19-11-2)20-12-3/h10,13-17,22-23H,4,11-12,18-21H2,1-3,5-9H3/b13-10-,31-30+. The van der Waals surface area contributed by atoms with Gasteiger partial charge in [-0.2, -0.15) is 5.26 Å². The van der Waals surface area contributed by atoms with E-state index in [1.165, 1.54) is 11.1 Å². The average molecular weight is 503 g/mol. The van der Waals surface area contributed by atoms with Gasteiger partial charge in [-0.15, -0.1) is 0 Å². The van der Waals surface area contributed by atoms with Crippen molar-refractivity contribution in [3.8, 4) is 6.07 Å². The fourth-order valence-corrected chi connectivity index (χ4v) is 4.31. The highest BCUT2D eigenvalue weighted by Gasteiger charge is 2.24. The summed E-state index contributed by atoms with van der Waals surface area (Å²) in [4.78, 5) is 2.45. The van der Waals surface area contributed by atoms with Gasteiger partial charge in [-0.05, 0) is 88.9 Å². The van der Waals surface area contributed by atoms with Crippen LogP contribution in [0.25, 0.3) is 16.3 Å². The molecule has 0 saturated heterocycles.